The van der Waals surface area contributed by atoms with Crippen molar-refractivity contribution in [2.75, 3.05) is 25.5 Å². The molecule has 1 fully saturated rings. The second-order valence-corrected chi connectivity index (χ2v) is 6.99. The topological polar surface area (TPSA) is 36.5 Å². The number of benzene rings is 2. The standard InChI is InChI=1S/C20H24FN3OS/c1-24-11-9-19(10-12-24)25-18-7-5-15(6-8-18)14-22-20(26)23-17-4-2-3-16(21)13-17/h2-8,13,19H,9-12,14H2,1H3,(H2,22,23,26). The molecule has 0 aliphatic carbocycles. The average Bonchev–Trinajstić information content (AvgIpc) is 2.63. The molecule has 3 rings (SSSR count). The fourth-order valence-electron chi connectivity index (χ4n) is 2.90. The first-order chi connectivity index (χ1) is 12.6. The first kappa shape index (κ1) is 18.6. The van der Waals surface area contributed by atoms with Crippen LogP contribution in [-0.2, 0) is 6.54 Å². The molecule has 0 radical (unpaired) electrons. The minimum absolute atomic E-state index is 0.294. The summed E-state index contributed by atoms with van der Waals surface area (Å²) >= 11 is 5.25. The van der Waals surface area contributed by atoms with Crippen LogP contribution in [0.1, 0.15) is 18.4 Å². The number of anilines is 1. The summed E-state index contributed by atoms with van der Waals surface area (Å²) in [6.07, 6.45) is 2.44. The first-order valence-corrected chi connectivity index (χ1v) is 9.24. The smallest absolute Gasteiger partial charge is 0.171 e. The Morgan fingerprint density at radius 3 is 2.62 bits per heavy atom. The number of piperidine rings is 1. The number of nitrogens with one attached hydrogen (secondary N) is 2. The Labute approximate surface area is 159 Å². The first-order valence-electron chi connectivity index (χ1n) is 8.83. The molecular formula is C20H24FN3OS. The largest absolute Gasteiger partial charge is 0.490 e. The number of rotatable bonds is 5. The van der Waals surface area contributed by atoms with Crippen LogP contribution in [-0.4, -0.2) is 36.3 Å². The molecule has 0 atom stereocenters. The van der Waals surface area contributed by atoms with E-state index in [0.29, 0.717) is 23.4 Å². The van der Waals surface area contributed by atoms with E-state index in [0.717, 1.165) is 37.2 Å². The summed E-state index contributed by atoms with van der Waals surface area (Å²) in [7, 11) is 2.14. The Kier molecular flexibility index (Phi) is 6.41. The summed E-state index contributed by atoms with van der Waals surface area (Å²) in [4.78, 5) is 2.33. The van der Waals surface area contributed by atoms with E-state index < -0.39 is 0 Å². The van der Waals surface area contributed by atoms with Crippen LogP contribution in [0.2, 0.25) is 0 Å². The van der Waals surface area contributed by atoms with Crippen LogP contribution in [0.25, 0.3) is 0 Å². The molecule has 2 aromatic rings. The predicted octanol–water partition coefficient (Wildman–Crippen LogP) is 3.79. The van der Waals surface area contributed by atoms with Crippen LogP contribution in [0.4, 0.5) is 10.1 Å². The summed E-state index contributed by atoms with van der Waals surface area (Å²) in [6.45, 7) is 2.76. The van der Waals surface area contributed by atoms with Gasteiger partial charge < -0.3 is 20.3 Å². The lowest BCUT2D eigenvalue weighted by molar-refractivity contribution is 0.114. The van der Waals surface area contributed by atoms with Gasteiger partial charge in [0.25, 0.3) is 0 Å². The van der Waals surface area contributed by atoms with Crippen molar-refractivity contribution in [2.24, 2.45) is 0 Å². The molecular weight excluding hydrogens is 349 g/mol. The van der Waals surface area contributed by atoms with Gasteiger partial charge in [-0.25, -0.2) is 4.39 Å². The molecule has 6 heteroatoms. The van der Waals surface area contributed by atoms with Crippen molar-refractivity contribution in [3.63, 3.8) is 0 Å². The number of nitrogens with zero attached hydrogens (tertiary/aromatic N) is 1. The van der Waals surface area contributed by atoms with E-state index in [1.165, 1.54) is 12.1 Å². The fraction of sp³-hybridized carbons (Fsp3) is 0.350. The van der Waals surface area contributed by atoms with Crippen molar-refractivity contribution in [3.8, 4) is 5.75 Å². The van der Waals surface area contributed by atoms with Crippen LogP contribution in [0.5, 0.6) is 5.75 Å². The fourth-order valence-corrected chi connectivity index (χ4v) is 3.09. The number of thiocarbonyl (C=S) groups is 1. The molecule has 4 nitrogen and oxygen atoms in total. The Morgan fingerprint density at radius 2 is 1.92 bits per heavy atom. The Balaban J connectivity index is 1.44. The number of halogens is 1. The molecule has 1 heterocycles. The van der Waals surface area contributed by atoms with Gasteiger partial charge in [-0.15, -0.1) is 0 Å². The third kappa shape index (κ3) is 5.68. The minimum atomic E-state index is -0.294. The van der Waals surface area contributed by atoms with Gasteiger partial charge in [-0.05, 0) is 68.0 Å². The van der Waals surface area contributed by atoms with Gasteiger partial charge in [-0.1, -0.05) is 18.2 Å². The van der Waals surface area contributed by atoms with Crippen LogP contribution < -0.4 is 15.4 Å². The van der Waals surface area contributed by atoms with Crippen molar-refractivity contribution in [1.82, 2.24) is 10.2 Å². The minimum Gasteiger partial charge on any atom is -0.490 e. The zero-order valence-corrected chi connectivity index (χ0v) is 15.7. The summed E-state index contributed by atoms with van der Waals surface area (Å²) in [5.41, 5.74) is 1.73. The highest BCUT2D eigenvalue weighted by Gasteiger charge is 2.17. The molecule has 0 saturated carbocycles. The lowest BCUT2D eigenvalue weighted by Crippen LogP contribution is -2.35. The van der Waals surface area contributed by atoms with Crippen molar-refractivity contribution in [2.45, 2.75) is 25.5 Å². The van der Waals surface area contributed by atoms with Crippen LogP contribution in [0.3, 0.4) is 0 Å². The summed E-state index contributed by atoms with van der Waals surface area (Å²) < 4.78 is 19.2. The number of likely N-dealkylation sites (tertiary alicyclic amines) is 1. The summed E-state index contributed by atoms with van der Waals surface area (Å²) in [6, 6.07) is 14.3. The maximum absolute atomic E-state index is 13.2. The van der Waals surface area contributed by atoms with Gasteiger partial charge in [0.05, 0.1) is 0 Å². The molecule has 0 bridgehead atoms. The maximum Gasteiger partial charge on any atom is 0.171 e. The second-order valence-electron chi connectivity index (χ2n) is 6.58. The zero-order chi connectivity index (χ0) is 18.4. The molecule has 138 valence electrons. The Bertz CT molecular complexity index is 730. The molecule has 0 spiro atoms. The van der Waals surface area contributed by atoms with Gasteiger partial charge >= 0.3 is 0 Å². The predicted molar refractivity (Wildman–Crippen MR) is 107 cm³/mol. The van der Waals surface area contributed by atoms with Gasteiger partial charge in [-0.3, -0.25) is 0 Å². The van der Waals surface area contributed by atoms with Crippen LogP contribution >= 0.6 is 12.2 Å². The third-order valence-corrected chi connectivity index (χ3v) is 4.67. The summed E-state index contributed by atoms with van der Waals surface area (Å²) in [5, 5.41) is 6.56. The van der Waals surface area contributed by atoms with Crippen molar-refractivity contribution in [3.05, 3.63) is 59.9 Å². The van der Waals surface area contributed by atoms with Gasteiger partial charge in [-0.2, -0.15) is 0 Å². The lowest BCUT2D eigenvalue weighted by Gasteiger charge is -2.29. The van der Waals surface area contributed by atoms with Crippen molar-refractivity contribution >= 4 is 23.0 Å². The van der Waals surface area contributed by atoms with E-state index in [1.807, 2.05) is 24.3 Å². The van der Waals surface area contributed by atoms with E-state index >= 15 is 0 Å². The van der Waals surface area contributed by atoms with E-state index in [1.54, 1.807) is 12.1 Å². The molecule has 1 saturated heterocycles. The van der Waals surface area contributed by atoms with E-state index in [-0.39, 0.29) is 5.82 Å². The van der Waals surface area contributed by atoms with Crippen LogP contribution in [0.15, 0.2) is 48.5 Å². The monoisotopic (exact) mass is 373 g/mol. The highest BCUT2D eigenvalue weighted by molar-refractivity contribution is 7.80. The van der Waals surface area contributed by atoms with E-state index in [4.69, 9.17) is 17.0 Å². The molecule has 26 heavy (non-hydrogen) atoms. The zero-order valence-electron chi connectivity index (χ0n) is 14.9. The van der Waals surface area contributed by atoms with E-state index in [9.17, 15) is 4.39 Å². The molecule has 1 aliphatic rings. The molecule has 0 amide bonds. The lowest BCUT2D eigenvalue weighted by atomic mass is 10.1. The quantitative estimate of drug-likeness (QED) is 0.780. The second kappa shape index (κ2) is 8.96. The number of hydrogen-bond acceptors (Lipinski definition) is 3. The molecule has 0 aromatic heterocycles. The summed E-state index contributed by atoms with van der Waals surface area (Å²) in [5.74, 6) is 0.613. The molecule has 2 aromatic carbocycles. The molecule has 0 unspecified atom stereocenters. The van der Waals surface area contributed by atoms with Gasteiger partial charge in [0.15, 0.2) is 5.11 Å². The highest BCUT2D eigenvalue weighted by atomic mass is 32.1. The van der Waals surface area contributed by atoms with Crippen LogP contribution in [0, 0.1) is 5.82 Å². The van der Waals surface area contributed by atoms with Gasteiger partial charge in [0.1, 0.15) is 17.7 Å². The molecule has 1 aliphatic heterocycles. The maximum atomic E-state index is 13.2. The Hall–Kier alpha value is -2.18. The highest BCUT2D eigenvalue weighted by Crippen LogP contribution is 2.19. The average molecular weight is 373 g/mol. The van der Waals surface area contributed by atoms with E-state index in [2.05, 4.69) is 22.6 Å². The number of ether oxygens (including phenoxy) is 1. The van der Waals surface area contributed by atoms with Crippen molar-refractivity contribution < 1.29 is 9.13 Å². The number of hydrogen-bond donors (Lipinski definition) is 2. The van der Waals surface area contributed by atoms with Crippen molar-refractivity contribution in [1.29, 1.82) is 0 Å². The van der Waals surface area contributed by atoms with Gasteiger partial charge in [0.2, 0.25) is 0 Å². The third-order valence-electron chi connectivity index (χ3n) is 4.43. The molecule has 2 N–H and O–H groups in total. The van der Waals surface area contributed by atoms with Gasteiger partial charge in [0, 0.05) is 25.3 Å². The SMILES string of the molecule is CN1CCC(Oc2ccc(CNC(=S)Nc3cccc(F)c3)cc2)CC1. The Morgan fingerprint density at radius 1 is 1.19 bits per heavy atom. The normalized spacial score (nSPS) is 15.5.